The van der Waals surface area contributed by atoms with Gasteiger partial charge in [0.1, 0.15) is 5.58 Å². The Morgan fingerprint density at radius 3 is 2.26 bits per heavy atom. The van der Waals surface area contributed by atoms with E-state index >= 15 is 0 Å². The van der Waals surface area contributed by atoms with Gasteiger partial charge in [0.25, 0.3) is 5.91 Å². The topological polar surface area (TPSA) is 85.3 Å². The van der Waals surface area contributed by atoms with Gasteiger partial charge in [0, 0.05) is 41.7 Å². The van der Waals surface area contributed by atoms with Crippen molar-refractivity contribution in [2.45, 2.75) is 56.4 Å². The minimum Gasteiger partial charge on any atom is -0.451 e. The first-order chi connectivity index (χ1) is 18.7. The molecular weight excluding hydrogens is 502 g/mol. The fourth-order valence-electron chi connectivity index (χ4n) is 5.31. The predicted molar refractivity (Wildman–Crippen MR) is 141 cm³/mol. The van der Waals surface area contributed by atoms with E-state index in [1.807, 2.05) is 42.5 Å². The van der Waals surface area contributed by atoms with Crippen molar-refractivity contribution >= 4 is 22.7 Å². The number of halogens is 2. The average molecular weight is 529 g/mol. The maximum atomic E-state index is 14.0. The molecule has 198 valence electrons. The number of fused-ring (bicyclic) bond motifs is 1. The quantitative estimate of drug-likeness (QED) is 0.267. The van der Waals surface area contributed by atoms with Crippen LogP contribution in [0.1, 0.15) is 55.5 Å². The molecule has 1 amide bonds. The van der Waals surface area contributed by atoms with Crippen LogP contribution in [0.25, 0.3) is 33.4 Å². The molecule has 2 aliphatic rings. The summed E-state index contributed by atoms with van der Waals surface area (Å²) in [5.41, 5.74) is 1.32. The first kappa shape index (κ1) is 25.1. The maximum Gasteiger partial charge on any atom is 0.287 e. The lowest BCUT2D eigenvalue weighted by Gasteiger charge is -2.39. The number of aromatic nitrogens is 1. The van der Waals surface area contributed by atoms with Crippen molar-refractivity contribution in [1.29, 1.82) is 0 Å². The maximum absolute atomic E-state index is 14.0. The molecule has 0 spiro atoms. The van der Waals surface area contributed by atoms with E-state index < -0.39 is 35.6 Å². The summed E-state index contributed by atoms with van der Waals surface area (Å²) in [5, 5.41) is 7.23. The van der Waals surface area contributed by atoms with Crippen LogP contribution in [0.4, 0.5) is 8.78 Å². The smallest absolute Gasteiger partial charge is 0.287 e. The number of hydrogen-bond acceptors (Lipinski definition) is 5. The molecule has 4 aromatic rings. The monoisotopic (exact) mass is 528 g/mol. The van der Waals surface area contributed by atoms with Gasteiger partial charge in [-0.1, -0.05) is 47.5 Å². The van der Waals surface area contributed by atoms with Gasteiger partial charge in [-0.3, -0.25) is 9.59 Å². The van der Waals surface area contributed by atoms with E-state index in [1.54, 1.807) is 18.3 Å². The molecule has 2 saturated carbocycles. The number of carbonyl (C=O) groups is 2. The molecule has 2 fully saturated rings. The van der Waals surface area contributed by atoms with Crippen molar-refractivity contribution in [3.8, 4) is 34.8 Å². The van der Waals surface area contributed by atoms with Gasteiger partial charge in [-0.25, -0.2) is 8.78 Å². The Kier molecular flexibility index (Phi) is 5.91. The van der Waals surface area contributed by atoms with Crippen LogP contribution in [0.15, 0.2) is 69.7 Å². The number of Topliss-reactive ketones (excluding diaryl/α,β-unsaturated/α-hetero) is 1. The van der Waals surface area contributed by atoms with Crippen LogP contribution in [0.3, 0.4) is 0 Å². The Morgan fingerprint density at radius 2 is 1.62 bits per heavy atom. The molecule has 0 unspecified atom stereocenters. The van der Waals surface area contributed by atoms with E-state index in [0.717, 1.165) is 29.5 Å². The largest absolute Gasteiger partial charge is 0.451 e. The van der Waals surface area contributed by atoms with Gasteiger partial charge in [-0.2, -0.15) is 0 Å². The second-order valence-electron chi connectivity index (χ2n) is 10.7. The molecule has 2 aromatic carbocycles. The lowest BCUT2D eigenvalue weighted by atomic mass is 9.74. The molecule has 2 aliphatic carbocycles. The SMILES string of the molecule is C#CC1(CC(=O)C2(NC(=O)c3cc4ccc(-c5ccc(-c6ccno6)cc5)cc4o3)CCC(F)(F)CC2)CC1. The normalized spacial score (nSPS) is 18.8. The van der Waals surface area contributed by atoms with Gasteiger partial charge in [0.15, 0.2) is 17.3 Å². The van der Waals surface area contributed by atoms with Gasteiger partial charge in [-0.05, 0) is 48.9 Å². The number of nitrogens with zero attached hydrogens (tertiary/aromatic N) is 1. The predicted octanol–water partition coefficient (Wildman–Crippen LogP) is 6.81. The number of alkyl halides is 2. The van der Waals surface area contributed by atoms with Gasteiger partial charge in [-0.15, -0.1) is 6.42 Å². The summed E-state index contributed by atoms with van der Waals surface area (Å²) in [4.78, 5) is 26.7. The Hall–Kier alpha value is -4.25. The van der Waals surface area contributed by atoms with Crippen LogP contribution in [0, 0.1) is 17.8 Å². The van der Waals surface area contributed by atoms with Gasteiger partial charge >= 0.3 is 0 Å². The summed E-state index contributed by atoms with van der Waals surface area (Å²) < 4.78 is 39.1. The summed E-state index contributed by atoms with van der Waals surface area (Å²) in [7, 11) is 0. The summed E-state index contributed by atoms with van der Waals surface area (Å²) in [6, 6.07) is 16.7. The highest BCUT2D eigenvalue weighted by Gasteiger charge is 2.52. The van der Waals surface area contributed by atoms with Crippen LogP contribution >= 0.6 is 0 Å². The van der Waals surface area contributed by atoms with E-state index in [9.17, 15) is 18.4 Å². The van der Waals surface area contributed by atoms with Crippen molar-refractivity contribution in [3.05, 3.63) is 66.6 Å². The standard InChI is InChI=1S/C31H26F2N2O4/c1-2-29(10-11-29)19-27(36)30(12-14-31(32,33)15-13-30)35-28(37)26-18-23-8-7-22(17-25(23)38-26)20-3-5-21(6-4-20)24-9-16-34-39-24/h1,3-9,16-18H,10-15,19H2,(H,35,37). The van der Waals surface area contributed by atoms with Crippen LogP contribution in [0.2, 0.25) is 0 Å². The zero-order valence-electron chi connectivity index (χ0n) is 21.1. The van der Waals surface area contributed by atoms with Gasteiger partial charge in [0.2, 0.25) is 5.92 Å². The van der Waals surface area contributed by atoms with Crippen molar-refractivity contribution in [2.24, 2.45) is 5.41 Å². The van der Waals surface area contributed by atoms with Crippen molar-refractivity contribution < 1.29 is 27.3 Å². The number of ketones is 1. The number of benzene rings is 2. The fourth-order valence-corrected chi connectivity index (χ4v) is 5.31. The number of amides is 1. The summed E-state index contributed by atoms with van der Waals surface area (Å²) >= 11 is 0. The van der Waals surface area contributed by atoms with E-state index in [2.05, 4.69) is 16.4 Å². The zero-order valence-corrected chi connectivity index (χ0v) is 21.1. The molecule has 6 rings (SSSR count). The lowest BCUT2D eigenvalue weighted by Crippen LogP contribution is -2.58. The highest BCUT2D eigenvalue weighted by molar-refractivity contribution is 6.01. The fraction of sp³-hybridized carbons (Fsp3) is 0.323. The number of furan rings is 1. The first-order valence-electron chi connectivity index (χ1n) is 13.0. The molecule has 6 nitrogen and oxygen atoms in total. The third-order valence-corrected chi connectivity index (χ3v) is 8.06. The van der Waals surface area contributed by atoms with Crippen LogP contribution in [-0.2, 0) is 4.79 Å². The van der Waals surface area contributed by atoms with Gasteiger partial charge < -0.3 is 14.3 Å². The average Bonchev–Trinajstić information content (AvgIpc) is 3.30. The first-order valence-corrected chi connectivity index (χ1v) is 13.0. The molecule has 39 heavy (non-hydrogen) atoms. The lowest BCUT2D eigenvalue weighted by molar-refractivity contribution is -0.131. The van der Waals surface area contributed by atoms with E-state index in [1.165, 1.54) is 0 Å². The Labute approximate surface area is 223 Å². The van der Waals surface area contributed by atoms with Crippen molar-refractivity contribution in [3.63, 3.8) is 0 Å². The second-order valence-corrected chi connectivity index (χ2v) is 10.7. The van der Waals surface area contributed by atoms with Crippen molar-refractivity contribution in [2.75, 3.05) is 0 Å². The molecule has 0 aliphatic heterocycles. The molecule has 0 bridgehead atoms. The summed E-state index contributed by atoms with van der Waals surface area (Å²) in [6.45, 7) is 0. The molecule has 2 heterocycles. The highest BCUT2D eigenvalue weighted by Crippen LogP contribution is 2.50. The molecule has 1 N–H and O–H groups in total. The van der Waals surface area contributed by atoms with E-state index in [4.69, 9.17) is 15.4 Å². The molecule has 8 heteroatoms. The number of terminal acetylenes is 1. The van der Waals surface area contributed by atoms with Crippen LogP contribution < -0.4 is 5.32 Å². The highest BCUT2D eigenvalue weighted by atomic mass is 19.3. The Balaban J connectivity index is 1.23. The summed E-state index contributed by atoms with van der Waals surface area (Å²) in [6.07, 6.45) is 7.52. The molecule has 0 radical (unpaired) electrons. The van der Waals surface area contributed by atoms with E-state index in [0.29, 0.717) is 16.7 Å². The molecule has 2 aromatic heterocycles. The Bertz CT molecular complexity index is 1580. The third kappa shape index (κ3) is 4.85. The summed E-state index contributed by atoms with van der Waals surface area (Å²) in [5.74, 6) is -0.379. The van der Waals surface area contributed by atoms with Crippen molar-refractivity contribution in [1.82, 2.24) is 10.5 Å². The second kappa shape index (κ2) is 9.19. The molecule has 0 atom stereocenters. The van der Waals surface area contributed by atoms with Crippen LogP contribution in [0.5, 0.6) is 0 Å². The number of hydrogen-bond donors (Lipinski definition) is 1. The molecule has 0 saturated heterocycles. The minimum absolute atomic E-state index is 0.0189. The number of rotatable bonds is 7. The van der Waals surface area contributed by atoms with Crippen LogP contribution in [-0.4, -0.2) is 28.3 Å². The Morgan fingerprint density at radius 1 is 0.923 bits per heavy atom. The number of carbonyl (C=O) groups excluding carboxylic acids is 2. The zero-order chi connectivity index (χ0) is 27.3. The number of nitrogens with one attached hydrogen (secondary N) is 1. The van der Waals surface area contributed by atoms with Gasteiger partial charge in [0.05, 0.1) is 11.7 Å². The van der Waals surface area contributed by atoms with E-state index in [-0.39, 0.29) is 30.8 Å². The third-order valence-electron chi connectivity index (χ3n) is 8.06. The molecular formula is C31H26F2N2O4. The minimum atomic E-state index is -2.86.